The van der Waals surface area contributed by atoms with Gasteiger partial charge in [0.05, 0.1) is 6.54 Å². The third kappa shape index (κ3) is 3.76. The SMILES string of the molecule is CCN1CC(=CC=Cc2cccc(Cl)c2)C(=O)N(CC)C1=S. The lowest BCUT2D eigenvalue weighted by molar-refractivity contribution is -0.124. The van der Waals surface area contributed by atoms with E-state index in [9.17, 15) is 4.79 Å². The predicted molar refractivity (Wildman–Crippen MR) is 95.8 cm³/mol. The maximum absolute atomic E-state index is 12.4. The van der Waals surface area contributed by atoms with E-state index in [1.165, 1.54) is 0 Å². The third-order valence-electron chi connectivity index (χ3n) is 3.52. The van der Waals surface area contributed by atoms with E-state index in [1.54, 1.807) is 4.90 Å². The zero-order valence-electron chi connectivity index (χ0n) is 12.8. The Hall–Kier alpha value is -1.65. The summed E-state index contributed by atoms with van der Waals surface area (Å²) in [6.45, 7) is 5.91. The molecule has 5 heteroatoms. The van der Waals surface area contributed by atoms with Crippen LogP contribution in [-0.2, 0) is 4.79 Å². The van der Waals surface area contributed by atoms with Crippen LogP contribution in [-0.4, -0.2) is 40.5 Å². The zero-order chi connectivity index (χ0) is 16.1. The smallest absolute Gasteiger partial charge is 0.257 e. The van der Waals surface area contributed by atoms with Crippen molar-refractivity contribution in [2.24, 2.45) is 0 Å². The summed E-state index contributed by atoms with van der Waals surface area (Å²) in [7, 11) is 0. The number of amides is 1. The Morgan fingerprint density at radius 3 is 2.73 bits per heavy atom. The molecule has 1 aliphatic heterocycles. The molecule has 116 valence electrons. The van der Waals surface area contributed by atoms with Crippen LogP contribution in [0.3, 0.4) is 0 Å². The number of likely N-dealkylation sites (N-methyl/N-ethyl adjacent to an activating group) is 2. The van der Waals surface area contributed by atoms with Crippen molar-refractivity contribution in [3.8, 4) is 0 Å². The quantitative estimate of drug-likeness (QED) is 0.619. The number of carbonyl (C=O) groups is 1. The van der Waals surface area contributed by atoms with Crippen LogP contribution < -0.4 is 0 Å². The van der Waals surface area contributed by atoms with Crippen molar-refractivity contribution in [1.29, 1.82) is 0 Å². The monoisotopic (exact) mass is 334 g/mol. The minimum Gasteiger partial charge on any atom is -0.345 e. The predicted octanol–water partition coefficient (Wildman–Crippen LogP) is 3.75. The summed E-state index contributed by atoms with van der Waals surface area (Å²) in [5.41, 5.74) is 1.75. The lowest BCUT2D eigenvalue weighted by atomic mass is 10.1. The summed E-state index contributed by atoms with van der Waals surface area (Å²) in [6.07, 6.45) is 5.68. The molecule has 0 unspecified atom stereocenters. The lowest BCUT2D eigenvalue weighted by Gasteiger charge is -2.37. The van der Waals surface area contributed by atoms with Crippen LogP contribution in [0.15, 0.2) is 42.0 Å². The van der Waals surface area contributed by atoms with Crippen molar-refractivity contribution in [2.45, 2.75) is 13.8 Å². The molecule has 22 heavy (non-hydrogen) atoms. The van der Waals surface area contributed by atoms with E-state index in [1.807, 2.05) is 61.2 Å². The third-order valence-corrected chi connectivity index (χ3v) is 4.23. The van der Waals surface area contributed by atoms with Crippen LogP contribution in [0.4, 0.5) is 0 Å². The number of thiocarbonyl (C=S) groups is 1. The van der Waals surface area contributed by atoms with E-state index in [4.69, 9.17) is 23.8 Å². The summed E-state index contributed by atoms with van der Waals surface area (Å²) in [6, 6.07) is 7.58. The summed E-state index contributed by atoms with van der Waals surface area (Å²) in [5.74, 6) is -0.00653. The fraction of sp³-hybridized carbons (Fsp3) is 0.294. The van der Waals surface area contributed by atoms with Crippen LogP contribution in [0.2, 0.25) is 5.02 Å². The fourth-order valence-corrected chi connectivity index (χ4v) is 2.91. The van der Waals surface area contributed by atoms with Crippen molar-refractivity contribution in [1.82, 2.24) is 9.80 Å². The molecule has 0 spiro atoms. The number of carbonyl (C=O) groups excluding carboxylic acids is 1. The molecule has 1 heterocycles. The largest absolute Gasteiger partial charge is 0.345 e. The molecule has 0 aromatic heterocycles. The van der Waals surface area contributed by atoms with Crippen molar-refractivity contribution in [3.63, 3.8) is 0 Å². The highest BCUT2D eigenvalue weighted by Gasteiger charge is 2.30. The summed E-state index contributed by atoms with van der Waals surface area (Å²) < 4.78 is 0. The maximum atomic E-state index is 12.4. The molecule has 0 radical (unpaired) electrons. The summed E-state index contributed by atoms with van der Waals surface area (Å²) in [4.78, 5) is 16.1. The second kappa shape index (κ2) is 7.56. The van der Waals surface area contributed by atoms with Gasteiger partial charge in [0.25, 0.3) is 5.91 Å². The number of hydrogen-bond acceptors (Lipinski definition) is 2. The average Bonchev–Trinajstić information content (AvgIpc) is 2.50. The minimum absolute atomic E-state index is 0.00653. The Bertz CT molecular complexity index is 639. The highest BCUT2D eigenvalue weighted by Crippen LogP contribution is 2.17. The van der Waals surface area contributed by atoms with Gasteiger partial charge in [0, 0.05) is 23.7 Å². The van der Waals surface area contributed by atoms with Gasteiger partial charge in [-0.05, 0) is 43.8 Å². The van der Waals surface area contributed by atoms with Crippen molar-refractivity contribution >= 4 is 40.9 Å². The van der Waals surface area contributed by atoms with Gasteiger partial charge in [0.15, 0.2) is 5.11 Å². The Morgan fingerprint density at radius 2 is 2.09 bits per heavy atom. The number of hydrogen-bond donors (Lipinski definition) is 0. The Labute approximate surface area is 141 Å². The van der Waals surface area contributed by atoms with E-state index in [-0.39, 0.29) is 5.91 Å². The van der Waals surface area contributed by atoms with Crippen LogP contribution >= 0.6 is 23.8 Å². The standard InChI is InChI=1S/C17H19ClN2OS/c1-3-19-12-14(16(21)20(4-2)17(19)22)9-5-7-13-8-6-10-15(18)11-13/h5-11H,3-4,12H2,1-2H3. The first kappa shape index (κ1) is 16.7. The maximum Gasteiger partial charge on any atom is 0.257 e. The van der Waals surface area contributed by atoms with Gasteiger partial charge in [-0.1, -0.05) is 42.0 Å². The molecular weight excluding hydrogens is 316 g/mol. The number of nitrogens with zero attached hydrogens (tertiary/aromatic N) is 2. The molecule has 1 aromatic carbocycles. The molecule has 1 aliphatic rings. The van der Waals surface area contributed by atoms with Gasteiger partial charge < -0.3 is 4.90 Å². The van der Waals surface area contributed by atoms with Gasteiger partial charge in [-0.2, -0.15) is 0 Å². The second-order valence-electron chi connectivity index (χ2n) is 4.95. The highest BCUT2D eigenvalue weighted by atomic mass is 35.5. The minimum atomic E-state index is -0.00653. The fourth-order valence-electron chi connectivity index (χ4n) is 2.31. The Morgan fingerprint density at radius 1 is 1.32 bits per heavy atom. The van der Waals surface area contributed by atoms with Crippen molar-refractivity contribution < 1.29 is 4.79 Å². The topological polar surface area (TPSA) is 23.6 Å². The van der Waals surface area contributed by atoms with Crippen LogP contribution in [0, 0.1) is 0 Å². The molecule has 0 saturated carbocycles. The molecule has 0 N–H and O–H groups in total. The van der Waals surface area contributed by atoms with Gasteiger partial charge >= 0.3 is 0 Å². The average molecular weight is 335 g/mol. The van der Waals surface area contributed by atoms with Crippen molar-refractivity contribution in [3.05, 3.63) is 52.6 Å². The number of allylic oxidation sites excluding steroid dienone is 2. The van der Waals surface area contributed by atoms with Gasteiger partial charge in [-0.15, -0.1) is 0 Å². The van der Waals surface area contributed by atoms with Crippen LogP contribution in [0.25, 0.3) is 6.08 Å². The first-order valence-electron chi connectivity index (χ1n) is 7.30. The van der Waals surface area contributed by atoms with Gasteiger partial charge in [-0.25, -0.2) is 0 Å². The van der Waals surface area contributed by atoms with E-state index in [0.717, 1.165) is 17.7 Å². The Kier molecular flexibility index (Phi) is 5.75. The molecule has 1 amide bonds. The molecule has 2 rings (SSSR count). The molecular formula is C17H19ClN2OS. The highest BCUT2D eigenvalue weighted by molar-refractivity contribution is 7.80. The summed E-state index contributed by atoms with van der Waals surface area (Å²) in [5, 5.41) is 1.31. The van der Waals surface area contributed by atoms with Gasteiger partial charge in [0.1, 0.15) is 0 Å². The first-order chi connectivity index (χ1) is 10.6. The molecule has 0 bridgehead atoms. The molecule has 3 nitrogen and oxygen atoms in total. The summed E-state index contributed by atoms with van der Waals surface area (Å²) >= 11 is 11.3. The second-order valence-corrected chi connectivity index (χ2v) is 5.75. The van der Waals surface area contributed by atoms with E-state index in [0.29, 0.717) is 23.2 Å². The van der Waals surface area contributed by atoms with E-state index >= 15 is 0 Å². The molecule has 1 saturated heterocycles. The van der Waals surface area contributed by atoms with Crippen molar-refractivity contribution in [2.75, 3.05) is 19.6 Å². The van der Waals surface area contributed by atoms with Crippen LogP contribution in [0.1, 0.15) is 19.4 Å². The number of rotatable bonds is 4. The zero-order valence-corrected chi connectivity index (χ0v) is 14.3. The van der Waals surface area contributed by atoms with E-state index < -0.39 is 0 Å². The lowest BCUT2D eigenvalue weighted by Crippen LogP contribution is -2.53. The molecule has 0 atom stereocenters. The molecule has 0 aliphatic carbocycles. The van der Waals surface area contributed by atoms with Gasteiger partial charge in [-0.3, -0.25) is 9.69 Å². The van der Waals surface area contributed by atoms with Gasteiger partial charge in [0.2, 0.25) is 0 Å². The Balaban J connectivity index is 2.19. The number of benzene rings is 1. The molecule has 1 aromatic rings. The molecule has 1 fully saturated rings. The first-order valence-corrected chi connectivity index (χ1v) is 8.09. The van der Waals surface area contributed by atoms with Crippen LogP contribution in [0.5, 0.6) is 0 Å². The van der Waals surface area contributed by atoms with E-state index in [2.05, 4.69) is 0 Å². The normalized spacial score (nSPS) is 17.9. The number of halogens is 1.